The third-order valence-corrected chi connectivity index (χ3v) is 4.67. The van der Waals surface area contributed by atoms with Crippen LogP contribution < -0.4 is 0 Å². The molecule has 9 heavy (non-hydrogen) atoms. The molecule has 52 valence electrons. The minimum atomic E-state index is 0.563. The van der Waals surface area contributed by atoms with Gasteiger partial charge in [0.25, 0.3) is 0 Å². The van der Waals surface area contributed by atoms with Crippen molar-refractivity contribution in [1.29, 1.82) is 0 Å². The number of hydrogen-bond acceptors (Lipinski definition) is 1. The van der Waals surface area contributed by atoms with Crippen molar-refractivity contribution < 1.29 is 0 Å². The molecule has 0 heterocycles. The van der Waals surface area contributed by atoms with E-state index < -0.39 is 0 Å². The van der Waals surface area contributed by atoms with Crippen molar-refractivity contribution in [2.24, 2.45) is 0 Å². The van der Waals surface area contributed by atoms with E-state index in [9.17, 15) is 0 Å². The van der Waals surface area contributed by atoms with Gasteiger partial charge < -0.3 is 0 Å². The Kier molecular flexibility index (Phi) is 2.60. The summed E-state index contributed by atoms with van der Waals surface area (Å²) >= 11 is 5.11. The fourth-order valence-electron chi connectivity index (χ4n) is 1.43. The maximum atomic E-state index is 5.11. The van der Waals surface area contributed by atoms with Crippen LogP contribution in [0.2, 0.25) is 0 Å². The van der Waals surface area contributed by atoms with Crippen molar-refractivity contribution in [2.45, 2.75) is 44.2 Å². The van der Waals surface area contributed by atoms with Crippen LogP contribution >= 0.6 is 7.36 Å². The van der Waals surface area contributed by atoms with Crippen LogP contribution in [0.15, 0.2) is 0 Å². The van der Waals surface area contributed by atoms with Crippen LogP contribution in [0.25, 0.3) is 0 Å². The fraction of sp³-hybridized carbons (Fsp3) is 1.00. The summed E-state index contributed by atoms with van der Waals surface area (Å²) in [6, 6.07) is 0. The molecule has 0 spiro atoms. The highest BCUT2D eigenvalue weighted by molar-refractivity contribution is 7.97. The third-order valence-electron chi connectivity index (χ3n) is 2.20. The van der Waals surface area contributed by atoms with E-state index in [1.54, 1.807) is 0 Å². The van der Waals surface area contributed by atoms with Crippen LogP contribution in [0, 0.1) is 0 Å². The van der Waals surface area contributed by atoms with E-state index in [4.69, 9.17) is 11.8 Å². The number of hydrogen-bond donors (Lipinski definition) is 0. The van der Waals surface area contributed by atoms with Crippen molar-refractivity contribution in [3.05, 3.63) is 0 Å². The van der Waals surface area contributed by atoms with Gasteiger partial charge in [-0.05, 0) is 32.6 Å². The molecule has 0 bridgehead atoms. The Morgan fingerprint density at radius 2 is 1.78 bits per heavy atom. The first-order chi connectivity index (χ1) is 4.27. The molecule has 1 rings (SSSR count). The third kappa shape index (κ3) is 1.98. The van der Waals surface area contributed by atoms with Gasteiger partial charge in [-0.3, -0.25) is 0 Å². The van der Waals surface area contributed by atoms with Gasteiger partial charge in [-0.1, -0.05) is 6.42 Å². The van der Waals surface area contributed by atoms with Crippen LogP contribution in [0.5, 0.6) is 0 Å². The molecule has 1 unspecified atom stereocenters. The van der Waals surface area contributed by atoms with Crippen molar-refractivity contribution in [3.8, 4) is 0 Å². The molecule has 0 aromatic rings. The van der Waals surface area contributed by atoms with E-state index in [0.29, 0.717) is 5.16 Å². The Morgan fingerprint density at radius 3 is 2.11 bits per heavy atom. The normalized spacial score (nSPS) is 26.3. The predicted octanol–water partition coefficient (Wildman–Crippen LogP) is 2.85. The van der Waals surface area contributed by atoms with Crippen molar-refractivity contribution in [3.63, 3.8) is 0 Å². The van der Waals surface area contributed by atoms with Gasteiger partial charge >= 0.3 is 0 Å². The first-order valence-corrected chi connectivity index (χ1v) is 5.79. The lowest BCUT2D eigenvalue weighted by atomic mass is 9.90. The first kappa shape index (κ1) is 7.63. The van der Waals surface area contributed by atoms with Gasteiger partial charge in [0.15, 0.2) is 19.2 Å². The molecule has 0 aliphatic heterocycles. The lowest BCUT2D eigenvalue weighted by molar-refractivity contribution is 0.421. The largest absolute Gasteiger partial charge is 0.166 e. The quantitative estimate of drug-likeness (QED) is 0.533. The summed E-state index contributed by atoms with van der Waals surface area (Å²) < 4.78 is 0. The Labute approximate surface area is 63.9 Å². The van der Waals surface area contributed by atoms with Crippen LogP contribution in [-0.2, 0) is 11.8 Å². The van der Waals surface area contributed by atoms with E-state index >= 15 is 0 Å². The molecule has 0 saturated heterocycles. The summed E-state index contributed by atoms with van der Waals surface area (Å²) in [6.07, 6.45) is 7.04. The summed E-state index contributed by atoms with van der Waals surface area (Å²) in [5.41, 5.74) is 0. The van der Waals surface area contributed by atoms with E-state index in [1.807, 2.05) is 0 Å². The lowest BCUT2D eigenvalue weighted by Gasteiger charge is -2.21. The van der Waals surface area contributed by atoms with Gasteiger partial charge in [-0.15, -0.1) is 0 Å². The van der Waals surface area contributed by atoms with E-state index in [1.165, 1.54) is 32.1 Å². The van der Waals surface area contributed by atoms with Gasteiger partial charge in [0.05, 0.1) is 0 Å². The van der Waals surface area contributed by atoms with Crippen molar-refractivity contribution in [2.75, 3.05) is 0 Å². The van der Waals surface area contributed by atoms with E-state index in [2.05, 4.69) is 6.92 Å². The Morgan fingerprint density at radius 1 is 1.22 bits per heavy atom. The SMILES string of the molecule is CC1([PH+]=S)CCCCC1. The Hall–Kier alpha value is 0.520. The topological polar surface area (TPSA) is 0 Å². The zero-order valence-electron chi connectivity index (χ0n) is 5.94. The first-order valence-electron chi connectivity index (χ1n) is 3.66. The minimum Gasteiger partial charge on any atom is -0.0530 e. The molecule has 0 amide bonds. The highest BCUT2D eigenvalue weighted by atomic mass is 32.4. The Balaban J connectivity index is 2.46. The van der Waals surface area contributed by atoms with E-state index in [-0.39, 0.29) is 0 Å². The average molecular weight is 161 g/mol. The summed E-state index contributed by atoms with van der Waals surface area (Å²) in [7, 11) is 0.743. The monoisotopic (exact) mass is 161 g/mol. The molecule has 2 heteroatoms. The van der Waals surface area contributed by atoms with Crippen LogP contribution in [0.1, 0.15) is 39.0 Å². The average Bonchev–Trinajstić information content (AvgIpc) is 1.90. The highest BCUT2D eigenvalue weighted by Crippen LogP contribution is 2.38. The molecule has 0 radical (unpaired) electrons. The molecule has 1 saturated carbocycles. The van der Waals surface area contributed by atoms with Gasteiger partial charge in [0, 0.05) is 0 Å². The lowest BCUT2D eigenvalue weighted by Crippen LogP contribution is -2.19. The summed E-state index contributed by atoms with van der Waals surface area (Å²) in [5.74, 6) is 0. The highest BCUT2D eigenvalue weighted by Gasteiger charge is 2.31. The molecule has 0 aromatic carbocycles. The second-order valence-electron chi connectivity index (χ2n) is 3.22. The minimum absolute atomic E-state index is 0.563. The van der Waals surface area contributed by atoms with Crippen LogP contribution in [-0.4, -0.2) is 5.16 Å². The van der Waals surface area contributed by atoms with Crippen LogP contribution in [0.3, 0.4) is 0 Å². The number of rotatable bonds is 1. The van der Waals surface area contributed by atoms with Gasteiger partial charge in [0.2, 0.25) is 0 Å². The smallest absolute Gasteiger partial charge is 0.0530 e. The maximum absolute atomic E-state index is 5.11. The van der Waals surface area contributed by atoms with Gasteiger partial charge in [-0.2, -0.15) is 0 Å². The fourth-order valence-corrected chi connectivity index (χ4v) is 2.60. The molecule has 0 aromatic heterocycles. The van der Waals surface area contributed by atoms with Crippen molar-refractivity contribution >= 4 is 19.2 Å². The molecule has 1 atom stereocenters. The molecule has 1 aliphatic carbocycles. The maximum Gasteiger partial charge on any atom is 0.166 e. The van der Waals surface area contributed by atoms with Gasteiger partial charge in [-0.25, -0.2) is 0 Å². The van der Waals surface area contributed by atoms with E-state index in [0.717, 1.165) is 7.36 Å². The zero-order valence-corrected chi connectivity index (χ0v) is 7.76. The second-order valence-corrected chi connectivity index (χ2v) is 5.25. The summed E-state index contributed by atoms with van der Waals surface area (Å²) in [6.45, 7) is 2.34. The molecular formula is C7H14PS+. The van der Waals surface area contributed by atoms with Crippen molar-refractivity contribution in [1.82, 2.24) is 0 Å². The zero-order chi connectivity index (χ0) is 6.74. The summed E-state index contributed by atoms with van der Waals surface area (Å²) in [4.78, 5) is 0. The standard InChI is InChI=1S/C7H13PS/c1-7(8-9)5-3-2-4-6-7/h2-6H2,1H3/p+1. The van der Waals surface area contributed by atoms with Gasteiger partial charge in [0.1, 0.15) is 5.16 Å². The predicted molar refractivity (Wildman–Crippen MR) is 47.2 cm³/mol. The molecule has 1 fully saturated rings. The molecule has 0 nitrogen and oxygen atoms in total. The molecular weight excluding hydrogens is 147 g/mol. The summed E-state index contributed by atoms with van der Waals surface area (Å²) in [5, 5.41) is 0.563. The molecule has 1 aliphatic rings. The molecule has 0 N–H and O–H groups in total. The van der Waals surface area contributed by atoms with Crippen LogP contribution in [0.4, 0.5) is 0 Å². The second kappa shape index (κ2) is 3.07. The Bertz CT molecular complexity index is 105.